The molecule has 0 radical (unpaired) electrons. The van der Waals surface area contributed by atoms with Crippen molar-refractivity contribution in [1.82, 2.24) is 10.2 Å². The highest BCUT2D eigenvalue weighted by Gasteiger charge is 2.35. The summed E-state index contributed by atoms with van der Waals surface area (Å²) in [4.78, 5) is 30.3. The van der Waals surface area contributed by atoms with Gasteiger partial charge in [0.2, 0.25) is 11.8 Å². The highest BCUT2D eigenvalue weighted by atomic mass is 79.9. The van der Waals surface area contributed by atoms with Crippen LogP contribution in [0.2, 0.25) is 0 Å². The van der Waals surface area contributed by atoms with Gasteiger partial charge in [-0.1, -0.05) is 102 Å². The lowest BCUT2D eigenvalue weighted by Gasteiger charge is -2.34. The van der Waals surface area contributed by atoms with Crippen molar-refractivity contribution >= 4 is 43.5 Å². The van der Waals surface area contributed by atoms with Gasteiger partial charge in [-0.3, -0.25) is 13.9 Å². The smallest absolute Gasteiger partial charge is 0.264 e. The zero-order valence-electron chi connectivity index (χ0n) is 25.3. The Morgan fingerprint density at radius 1 is 0.844 bits per heavy atom. The monoisotopic (exact) mass is 687 g/mol. The van der Waals surface area contributed by atoms with Gasteiger partial charge in [-0.2, -0.15) is 0 Å². The quantitative estimate of drug-likeness (QED) is 0.181. The van der Waals surface area contributed by atoms with Gasteiger partial charge >= 0.3 is 0 Å². The van der Waals surface area contributed by atoms with E-state index in [9.17, 15) is 18.0 Å². The van der Waals surface area contributed by atoms with Crippen molar-refractivity contribution in [3.8, 4) is 0 Å². The summed E-state index contributed by atoms with van der Waals surface area (Å²) in [5.41, 5.74) is 2.97. The number of hydrogen-bond acceptors (Lipinski definition) is 4. The van der Waals surface area contributed by atoms with Gasteiger partial charge in [-0.25, -0.2) is 8.42 Å². The summed E-state index contributed by atoms with van der Waals surface area (Å²) in [6.07, 6.45) is 4.20. The Morgan fingerprint density at radius 3 is 2.13 bits per heavy atom. The minimum Gasteiger partial charge on any atom is -0.352 e. The first kappa shape index (κ1) is 32.4. The Morgan fingerprint density at radius 2 is 1.49 bits per heavy atom. The van der Waals surface area contributed by atoms with E-state index < -0.39 is 28.5 Å². The van der Waals surface area contributed by atoms with Crippen LogP contribution in [0, 0.1) is 6.92 Å². The maximum atomic E-state index is 14.6. The zero-order valence-corrected chi connectivity index (χ0v) is 27.7. The average Bonchev–Trinajstić information content (AvgIpc) is 3.56. The molecule has 0 aromatic heterocycles. The van der Waals surface area contributed by atoms with Crippen molar-refractivity contribution in [2.75, 3.05) is 10.8 Å². The lowest BCUT2D eigenvalue weighted by molar-refractivity contribution is -0.140. The first-order valence-electron chi connectivity index (χ1n) is 15.2. The van der Waals surface area contributed by atoms with E-state index in [0.29, 0.717) is 5.69 Å². The first-order valence-corrected chi connectivity index (χ1v) is 17.5. The van der Waals surface area contributed by atoms with Crippen LogP contribution in [0.3, 0.4) is 0 Å². The molecular weight excluding hydrogens is 650 g/mol. The normalized spacial score (nSPS) is 14.1. The maximum absolute atomic E-state index is 14.6. The summed E-state index contributed by atoms with van der Waals surface area (Å²) in [6.45, 7) is 1.54. The van der Waals surface area contributed by atoms with Gasteiger partial charge in [-0.05, 0) is 72.9 Å². The Kier molecular flexibility index (Phi) is 10.7. The third-order valence-corrected chi connectivity index (χ3v) is 10.5. The van der Waals surface area contributed by atoms with Crippen molar-refractivity contribution in [3.63, 3.8) is 0 Å². The number of nitrogens with zero attached hydrogens (tertiary/aromatic N) is 2. The number of aryl methyl sites for hydroxylation is 1. The second-order valence-electron chi connectivity index (χ2n) is 11.5. The highest BCUT2D eigenvalue weighted by molar-refractivity contribution is 9.10. The molecule has 1 saturated carbocycles. The molecule has 0 aliphatic heterocycles. The summed E-state index contributed by atoms with van der Waals surface area (Å²) in [7, 11) is -4.12. The molecule has 234 valence electrons. The summed E-state index contributed by atoms with van der Waals surface area (Å²) in [6, 6.07) is 31.6. The first-order chi connectivity index (χ1) is 21.7. The molecule has 4 aromatic carbocycles. The fraction of sp³-hybridized carbons (Fsp3) is 0.278. The predicted molar refractivity (Wildman–Crippen MR) is 181 cm³/mol. The van der Waals surface area contributed by atoms with Crippen LogP contribution in [0.15, 0.2) is 119 Å². The fourth-order valence-electron chi connectivity index (χ4n) is 5.74. The number of carbonyl (C=O) groups is 2. The van der Waals surface area contributed by atoms with Gasteiger partial charge in [0.1, 0.15) is 12.6 Å². The van der Waals surface area contributed by atoms with E-state index in [0.717, 1.165) is 51.2 Å². The zero-order chi connectivity index (χ0) is 31.8. The molecule has 0 heterocycles. The van der Waals surface area contributed by atoms with Crippen LogP contribution in [0.4, 0.5) is 5.69 Å². The summed E-state index contributed by atoms with van der Waals surface area (Å²) in [5, 5.41) is 3.21. The number of carbonyl (C=O) groups excluding carboxylic acids is 2. The average molecular weight is 689 g/mol. The molecule has 1 fully saturated rings. The number of halogens is 1. The molecule has 9 heteroatoms. The molecule has 0 spiro atoms. The maximum Gasteiger partial charge on any atom is 0.264 e. The molecule has 0 bridgehead atoms. The van der Waals surface area contributed by atoms with Crippen molar-refractivity contribution in [1.29, 1.82) is 0 Å². The van der Waals surface area contributed by atoms with E-state index in [2.05, 4.69) is 21.2 Å². The molecular formula is C36H38BrN3O4S. The van der Waals surface area contributed by atoms with Crippen molar-refractivity contribution in [2.24, 2.45) is 0 Å². The van der Waals surface area contributed by atoms with E-state index >= 15 is 0 Å². The van der Waals surface area contributed by atoms with Crippen molar-refractivity contribution in [3.05, 3.63) is 130 Å². The lowest BCUT2D eigenvalue weighted by Crippen LogP contribution is -2.54. The van der Waals surface area contributed by atoms with E-state index in [-0.39, 0.29) is 29.8 Å². The number of benzene rings is 4. The molecule has 1 aliphatic carbocycles. The number of hydrogen-bond donors (Lipinski definition) is 1. The second kappa shape index (κ2) is 14.9. The van der Waals surface area contributed by atoms with Gasteiger partial charge in [-0.15, -0.1) is 0 Å². The molecule has 1 aliphatic rings. The molecule has 4 aromatic rings. The summed E-state index contributed by atoms with van der Waals surface area (Å²) < 4.78 is 30.2. The van der Waals surface area contributed by atoms with Crippen LogP contribution in [0.25, 0.3) is 0 Å². The van der Waals surface area contributed by atoms with Crippen LogP contribution in [-0.4, -0.2) is 43.8 Å². The second-order valence-corrected chi connectivity index (χ2v) is 14.3. The van der Waals surface area contributed by atoms with Crippen molar-refractivity contribution in [2.45, 2.75) is 62.6 Å². The molecule has 7 nitrogen and oxygen atoms in total. The highest BCUT2D eigenvalue weighted by Crippen LogP contribution is 2.26. The van der Waals surface area contributed by atoms with E-state index in [4.69, 9.17) is 0 Å². The minimum absolute atomic E-state index is 0.0580. The Balaban J connectivity index is 1.56. The van der Waals surface area contributed by atoms with Crippen LogP contribution >= 0.6 is 15.9 Å². The largest absolute Gasteiger partial charge is 0.352 e. The minimum atomic E-state index is -4.12. The summed E-state index contributed by atoms with van der Waals surface area (Å²) >= 11 is 3.48. The molecule has 5 rings (SSSR count). The Hall–Kier alpha value is -3.95. The van der Waals surface area contributed by atoms with Gasteiger partial charge in [0, 0.05) is 23.5 Å². The SMILES string of the molecule is Cc1cccc(N(CC(=O)N(Cc2ccc(Br)cc2)C(Cc2ccccc2)C(=O)NC2CCCC2)S(=O)(=O)c2ccccc2)c1. The van der Waals surface area contributed by atoms with E-state index in [1.54, 1.807) is 41.3 Å². The number of amides is 2. The Bertz CT molecular complexity index is 1690. The van der Waals surface area contributed by atoms with Crippen LogP contribution in [-0.2, 0) is 32.6 Å². The topological polar surface area (TPSA) is 86.8 Å². The van der Waals surface area contributed by atoms with Crippen LogP contribution in [0.5, 0.6) is 0 Å². The molecule has 1 N–H and O–H groups in total. The Labute approximate surface area is 274 Å². The number of sulfonamides is 1. The number of rotatable bonds is 12. The van der Waals surface area contributed by atoms with Crippen LogP contribution < -0.4 is 9.62 Å². The van der Waals surface area contributed by atoms with Gasteiger partial charge < -0.3 is 10.2 Å². The third kappa shape index (κ3) is 8.41. The predicted octanol–water partition coefficient (Wildman–Crippen LogP) is 6.65. The fourth-order valence-corrected chi connectivity index (χ4v) is 7.43. The number of anilines is 1. The van der Waals surface area contributed by atoms with Gasteiger partial charge in [0.05, 0.1) is 10.6 Å². The summed E-state index contributed by atoms with van der Waals surface area (Å²) in [5.74, 6) is -0.703. The molecule has 1 unspecified atom stereocenters. The standard InChI is InChI=1S/C36H38BrN3O4S/c1-27-11-10-16-32(23-27)40(45(43,44)33-17-6-3-7-18-33)26-35(41)39(25-29-19-21-30(37)22-20-29)34(24-28-12-4-2-5-13-28)36(42)38-31-14-8-9-15-31/h2-7,10-13,16-23,31,34H,8-9,14-15,24-26H2,1H3,(H,38,42). The molecule has 1 atom stereocenters. The number of nitrogens with one attached hydrogen (secondary N) is 1. The van der Waals surface area contributed by atoms with Gasteiger partial charge in [0.25, 0.3) is 10.0 Å². The molecule has 2 amide bonds. The molecule has 45 heavy (non-hydrogen) atoms. The molecule has 0 saturated heterocycles. The van der Waals surface area contributed by atoms with Crippen LogP contribution in [0.1, 0.15) is 42.4 Å². The third-order valence-electron chi connectivity index (χ3n) is 8.14. The van der Waals surface area contributed by atoms with Crippen molar-refractivity contribution < 1.29 is 18.0 Å². The van der Waals surface area contributed by atoms with E-state index in [1.807, 2.05) is 67.6 Å². The van der Waals surface area contributed by atoms with E-state index in [1.165, 1.54) is 12.1 Å². The van der Waals surface area contributed by atoms with Gasteiger partial charge in [0.15, 0.2) is 0 Å². The lowest BCUT2D eigenvalue weighted by atomic mass is 10.0.